The first-order valence-electron chi connectivity index (χ1n) is 7.22. The first-order chi connectivity index (χ1) is 9.58. The molecule has 0 saturated heterocycles. The third-order valence-electron chi connectivity index (χ3n) is 2.96. The number of hydrogen-bond acceptors (Lipinski definition) is 3. The summed E-state index contributed by atoms with van der Waals surface area (Å²) in [6.45, 7) is 6.36. The van der Waals surface area contributed by atoms with Crippen molar-refractivity contribution in [3.05, 3.63) is 29.8 Å². The SMILES string of the molecule is CC(C)CCCOc1ccc(CNCCC(=O)O)cc1. The predicted molar refractivity (Wildman–Crippen MR) is 80.0 cm³/mol. The molecule has 4 heteroatoms. The van der Waals surface area contributed by atoms with E-state index in [1.807, 2.05) is 24.3 Å². The van der Waals surface area contributed by atoms with Crippen LogP contribution in [0.2, 0.25) is 0 Å². The summed E-state index contributed by atoms with van der Waals surface area (Å²) in [7, 11) is 0. The summed E-state index contributed by atoms with van der Waals surface area (Å²) in [5, 5.41) is 11.6. The van der Waals surface area contributed by atoms with E-state index in [0.717, 1.165) is 30.3 Å². The topological polar surface area (TPSA) is 58.6 Å². The summed E-state index contributed by atoms with van der Waals surface area (Å²) in [4.78, 5) is 10.4. The number of ether oxygens (including phenoxy) is 1. The lowest BCUT2D eigenvalue weighted by Crippen LogP contribution is -2.17. The Morgan fingerprint density at radius 3 is 2.60 bits per heavy atom. The molecule has 0 amide bonds. The molecule has 1 rings (SSSR count). The smallest absolute Gasteiger partial charge is 0.304 e. The van der Waals surface area contributed by atoms with Crippen LogP contribution in [-0.4, -0.2) is 24.2 Å². The Kier molecular flexibility index (Phi) is 7.73. The van der Waals surface area contributed by atoms with Crippen LogP contribution in [0.3, 0.4) is 0 Å². The minimum absolute atomic E-state index is 0.150. The van der Waals surface area contributed by atoms with Gasteiger partial charge in [0.1, 0.15) is 5.75 Å². The third kappa shape index (κ3) is 7.79. The van der Waals surface area contributed by atoms with Crippen LogP contribution in [0, 0.1) is 5.92 Å². The molecule has 0 aliphatic carbocycles. The third-order valence-corrected chi connectivity index (χ3v) is 2.96. The van der Waals surface area contributed by atoms with Crippen LogP contribution in [0.1, 0.15) is 38.7 Å². The Bertz CT molecular complexity index is 387. The van der Waals surface area contributed by atoms with Crippen molar-refractivity contribution in [2.24, 2.45) is 5.92 Å². The van der Waals surface area contributed by atoms with Gasteiger partial charge in [0, 0.05) is 13.1 Å². The van der Waals surface area contributed by atoms with E-state index < -0.39 is 5.97 Å². The number of carboxylic acid groups (broad SMARTS) is 1. The molecule has 0 fully saturated rings. The molecule has 0 heterocycles. The summed E-state index contributed by atoms with van der Waals surface area (Å²) in [5.74, 6) is 0.837. The van der Waals surface area contributed by atoms with Gasteiger partial charge in [-0.05, 0) is 36.5 Å². The number of carbonyl (C=O) groups is 1. The lowest BCUT2D eigenvalue weighted by Gasteiger charge is -2.09. The van der Waals surface area contributed by atoms with Gasteiger partial charge in [0.25, 0.3) is 0 Å². The first kappa shape index (κ1) is 16.5. The summed E-state index contributed by atoms with van der Waals surface area (Å²) in [5.41, 5.74) is 1.13. The Labute approximate surface area is 121 Å². The average molecular weight is 279 g/mol. The van der Waals surface area contributed by atoms with Gasteiger partial charge in [0.05, 0.1) is 13.0 Å². The Morgan fingerprint density at radius 2 is 2.00 bits per heavy atom. The fraction of sp³-hybridized carbons (Fsp3) is 0.562. The maximum absolute atomic E-state index is 10.4. The molecule has 0 aliphatic rings. The van der Waals surface area contributed by atoms with Crippen LogP contribution in [0.5, 0.6) is 5.75 Å². The summed E-state index contributed by atoms with van der Waals surface area (Å²) >= 11 is 0. The number of carboxylic acids is 1. The number of rotatable bonds is 10. The highest BCUT2D eigenvalue weighted by atomic mass is 16.5. The maximum Gasteiger partial charge on any atom is 0.304 e. The zero-order valence-corrected chi connectivity index (χ0v) is 12.4. The van der Waals surface area contributed by atoms with Crippen molar-refractivity contribution < 1.29 is 14.6 Å². The molecule has 2 N–H and O–H groups in total. The fourth-order valence-electron chi connectivity index (χ4n) is 1.81. The van der Waals surface area contributed by atoms with Gasteiger partial charge in [-0.3, -0.25) is 4.79 Å². The summed E-state index contributed by atoms with van der Waals surface area (Å²) < 4.78 is 5.67. The van der Waals surface area contributed by atoms with Gasteiger partial charge in [0.2, 0.25) is 0 Å². The first-order valence-corrected chi connectivity index (χ1v) is 7.22. The van der Waals surface area contributed by atoms with Crippen LogP contribution in [0.25, 0.3) is 0 Å². The van der Waals surface area contributed by atoms with Gasteiger partial charge in [-0.1, -0.05) is 26.0 Å². The van der Waals surface area contributed by atoms with E-state index in [4.69, 9.17) is 9.84 Å². The molecule has 0 aromatic heterocycles. The molecule has 4 nitrogen and oxygen atoms in total. The van der Waals surface area contributed by atoms with Crippen LogP contribution >= 0.6 is 0 Å². The normalized spacial score (nSPS) is 10.8. The number of benzene rings is 1. The van der Waals surface area contributed by atoms with Crippen molar-refractivity contribution in [1.29, 1.82) is 0 Å². The molecule has 1 aromatic carbocycles. The van der Waals surface area contributed by atoms with Crippen molar-refractivity contribution in [3.8, 4) is 5.75 Å². The largest absolute Gasteiger partial charge is 0.494 e. The van der Waals surface area contributed by atoms with Gasteiger partial charge in [-0.2, -0.15) is 0 Å². The van der Waals surface area contributed by atoms with Crippen LogP contribution in [0.4, 0.5) is 0 Å². The molecule has 0 radical (unpaired) electrons. The van der Waals surface area contributed by atoms with Gasteiger partial charge in [-0.15, -0.1) is 0 Å². The van der Waals surface area contributed by atoms with Crippen molar-refractivity contribution in [2.75, 3.05) is 13.2 Å². The molecule has 0 saturated carbocycles. The van der Waals surface area contributed by atoms with Gasteiger partial charge in [-0.25, -0.2) is 0 Å². The molecule has 0 unspecified atom stereocenters. The molecule has 1 aromatic rings. The fourth-order valence-corrected chi connectivity index (χ4v) is 1.81. The van der Waals surface area contributed by atoms with E-state index in [2.05, 4.69) is 19.2 Å². The molecule has 112 valence electrons. The van der Waals surface area contributed by atoms with E-state index in [-0.39, 0.29) is 6.42 Å². The molecule has 20 heavy (non-hydrogen) atoms. The van der Waals surface area contributed by atoms with Gasteiger partial charge in [0.15, 0.2) is 0 Å². The molecular formula is C16H25NO3. The Hall–Kier alpha value is -1.55. The van der Waals surface area contributed by atoms with Crippen LogP contribution in [0.15, 0.2) is 24.3 Å². The molecule has 0 bridgehead atoms. The Morgan fingerprint density at radius 1 is 1.30 bits per heavy atom. The van der Waals surface area contributed by atoms with Crippen molar-refractivity contribution >= 4 is 5.97 Å². The van der Waals surface area contributed by atoms with Crippen molar-refractivity contribution in [3.63, 3.8) is 0 Å². The lowest BCUT2D eigenvalue weighted by molar-refractivity contribution is -0.136. The van der Waals surface area contributed by atoms with E-state index in [0.29, 0.717) is 13.1 Å². The monoisotopic (exact) mass is 279 g/mol. The Balaban J connectivity index is 2.20. The highest BCUT2D eigenvalue weighted by molar-refractivity contribution is 5.66. The van der Waals surface area contributed by atoms with Gasteiger partial charge >= 0.3 is 5.97 Å². The molecule has 0 atom stereocenters. The molecule has 0 spiro atoms. The molecular weight excluding hydrogens is 254 g/mol. The van der Waals surface area contributed by atoms with Gasteiger partial charge < -0.3 is 15.2 Å². The second-order valence-electron chi connectivity index (χ2n) is 5.35. The van der Waals surface area contributed by atoms with Crippen molar-refractivity contribution in [2.45, 2.75) is 39.7 Å². The second kappa shape index (κ2) is 9.37. The number of aliphatic carboxylic acids is 1. The standard InChI is InChI=1S/C16H25NO3/c1-13(2)4-3-11-20-15-7-5-14(6-8-15)12-17-10-9-16(18)19/h5-8,13,17H,3-4,9-12H2,1-2H3,(H,18,19). The number of nitrogens with one attached hydrogen (secondary N) is 1. The maximum atomic E-state index is 10.4. The minimum Gasteiger partial charge on any atom is -0.494 e. The van der Waals surface area contributed by atoms with Crippen molar-refractivity contribution in [1.82, 2.24) is 5.32 Å². The lowest BCUT2D eigenvalue weighted by atomic mass is 10.1. The minimum atomic E-state index is -0.775. The zero-order chi connectivity index (χ0) is 14.8. The second-order valence-corrected chi connectivity index (χ2v) is 5.35. The number of hydrogen-bond donors (Lipinski definition) is 2. The predicted octanol–water partition coefficient (Wildman–Crippen LogP) is 3.07. The van der Waals surface area contributed by atoms with E-state index >= 15 is 0 Å². The molecule has 0 aliphatic heterocycles. The zero-order valence-electron chi connectivity index (χ0n) is 12.4. The summed E-state index contributed by atoms with van der Waals surface area (Å²) in [6, 6.07) is 7.93. The van der Waals surface area contributed by atoms with Crippen LogP contribution < -0.4 is 10.1 Å². The highest BCUT2D eigenvalue weighted by Gasteiger charge is 1.99. The van der Waals surface area contributed by atoms with E-state index in [1.165, 1.54) is 6.42 Å². The summed E-state index contributed by atoms with van der Waals surface area (Å²) in [6.07, 6.45) is 2.42. The quantitative estimate of drug-likeness (QED) is 0.646. The average Bonchev–Trinajstić information content (AvgIpc) is 2.41. The van der Waals surface area contributed by atoms with Crippen LogP contribution in [-0.2, 0) is 11.3 Å². The highest BCUT2D eigenvalue weighted by Crippen LogP contribution is 2.13. The van der Waals surface area contributed by atoms with E-state index in [9.17, 15) is 4.79 Å². The van der Waals surface area contributed by atoms with E-state index in [1.54, 1.807) is 0 Å².